The van der Waals surface area contributed by atoms with E-state index >= 15 is 0 Å². The van der Waals surface area contributed by atoms with E-state index in [2.05, 4.69) is 20.8 Å². The molecule has 0 aliphatic heterocycles. The molecular formula is C14H28O2. The molecule has 0 aromatic rings. The minimum Gasteiger partial charge on any atom is -0.393 e. The van der Waals surface area contributed by atoms with E-state index in [1.807, 2.05) is 13.8 Å². The molecule has 0 aromatic carbocycles. The summed E-state index contributed by atoms with van der Waals surface area (Å²) in [5.41, 5.74) is -0.300. The lowest BCUT2D eigenvalue weighted by Crippen LogP contribution is -2.53. The minimum absolute atomic E-state index is 0.300. The second-order valence-electron chi connectivity index (χ2n) is 6.20. The Hall–Kier alpha value is -0.0800. The zero-order valence-corrected chi connectivity index (χ0v) is 11.4. The Bertz CT molecular complexity index is 213. The molecule has 0 heterocycles. The van der Waals surface area contributed by atoms with E-state index in [9.17, 15) is 10.2 Å². The van der Waals surface area contributed by atoms with Crippen molar-refractivity contribution in [2.24, 2.45) is 23.2 Å². The summed E-state index contributed by atoms with van der Waals surface area (Å²) in [6.45, 7) is 10.3. The van der Waals surface area contributed by atoms with Crippen LogP contribution in [0, 0.1) is 23.2 Å². The Kier molecular flexibility index (Phi) is 4.42. The van der Waals surface area contributed by atoms with Crippen molar-refractivity contribution in [1.82, 2.24) is 0 Å². The standard InChI is InChI=1S/C14H28O2/c1-9(2)13-7-6-10(3)8-14(13,11(4)15)12(5)16/h9-13,15-16H,6-8H2,1-5H3/t10-,11?,12?,13+,14?/m1/s1. The summed E-state index contributed by atoms with van der Waals surface area (Å²) in [7, 11) is 0. The normalized spacial score (nSPS) is 39.8. The van der Waals surface area contributed by atoms with Crippen LogP contribution in [0.1, 0.15) is 53.9 Å². The first-order valence-electron chi connectivity index (χ1n) is 6.68. The Morgan fingerprint density at radius 1 is 1.00 bits per heavy atom. The maximum absolute atomic E-state index is 10.2. The largest absolute Gasteiger partial charge is 0.393 e. The van der Waals surface area contributed by atoms with Crippen LogP contribution < -0.4 is 0 Å². The Labute approximate surface area is 100 Å². The van der Waals surface area contributed by atoms with Gasteiger partial charge in [0, 0.05) is 5.41 Å². The maximum atomic E-state index is 10.2. The lowest BCUT2D eigenvalue weighted by atomic mass is 9.55. The third-order valence-electron chi connectivity index (χ3n) is 4.72. The third-order valence-corrected chi connectivity index (χ3v) is 4.72. The van der Waals surface area contributed by atoms with Crippen LogP contribution in [0.25, 0.3) is 0 Å². The average Bonchev–Trinajstić information content (AvgIpc) is 2.15. The fourth-order valence-electron chi connectivity index (χ4n) is 3.85. The van der Waals surface area contributed by atoms with Crippen LogP contribution in [0.15, 0.2) is 0 Å². The molecule has 0 aromatic heterocycles. The molecule has 96 valence electrons. The Morgan fingerprint density at radius 3 is 1.88 bits per heavy atom. The number of aliphatic hydroxyl groups is 2. The van der Waals surface area contributed by atoms with Crippen LogP contribution in [-0.2, 0) is 0 Å². The zero-order valence-electron chi connectivity index (χ0n) is 11.4. The van der Waals surface area contributed by atoms with E-state index in [1.54, 1.807) is 0 Å². The van der Waals surface area contributed by atoms with Crippen molar-refractivity contribution in [3.05, 3.63) is 0 Å². The van der Waals surface area contributed by atoms with Crippen molar-refractivity contribution in [2.75, 3.05) is 0 Å². The molecule has 0 amide bonds. The van der Waals surface area contributed by atoms with Gasteiger partial charge in [-0.3, -0.25) is 0 Å². The summed E-state index contributed by atoms with van der Waals surface area (Å²) in [5.74, 6) is 1.57. The third kappa shape index (κ3) is 2.28. The van der Waals surface area contributed by atoms with Crippen molar-refractivity contribution < 1.29 is 10.2 Å². The quantitative estimate of drug-likeness (QED) is 0.780. The first-order valence-corrected chi connectivity index (χ1v) is 6.68. The maximum Gasteiger partial charge on any atom is 0.0595 e. The molecule has 1 saturated carbocycles. The van der Waals surface area contributed by atoms with Gasteiger partial charge in [0.2, 0.25) is 0 Å². The van der Waals surface area contributed by atoms with Gasteiger partial charge in [-0.15, -0.1) is 0 Å². The molecule has 2 heteroatoms. The summed E-state index contributed by atoms with van der Waals surface area (Å²) < 4.78 is 0. The van der Waals surface area contributed by atoms with Crippen LogP contribution in [0.5, 0.6) is 0 Å². The summed E-state index contributed by atoms with van der Waals surface area (Å²) in [5, 5.41) is 20.4. The molecule has 1 rings (SSSR count). The van der Waals surface area contributed by atoms with E-state index in [4.69, 9.17) is 0 Å². The highest BCUT2D eigenvalue weighted by atomic mass is 16.3. The van der Waals surface area contributed by atoms with E-state index in [0.717, 1.165) is 12.8 Å². The summed E-state index contributed by atoms with van der Waals surface area (Å²) in [4.78, 5) is 0. The molecule has 2 unspecified atom stereocenters. The highest BCUT2D eigenvalue weighted by Crippen LogP contribution is 2.51. The van der Waals surface area contributed by atoms with Gasteiger partial charge in [-0.05, 0) is 44.4 Å². The molecule has 1 aliphatic rings. The molecule has 16 heavy (non-hydrogen) atoms. The smallest absolute Gasteiger partial charge is 0.0595 e. The van der Waals surface area contributed by atoms with E-state index in [0.29, 0.717) is 17.8 Å². The molecule has 0 saturated heterocycles. The highest BCUT2D eigenvalue weighted by Gasteiger charge is 2.50. The van der Waals surface area contributed by atoms with Gasteiger partial charge in [-0.1, -0.05) is 27.2 Å². The first-order chi connectivity index (χ1) is 7.32. The average molecular weight is 228 g/mol. The number of hydrogen-bond donors (Lipinski definition) is 2. The summed E-state index contributed by atoms with van der Waals surface area (Å²) >= 11 is 0. The van der Waals surface area contributed by atoms with Gasteiger partial charge < -0.3 is 10.2 Å². The molecule has 0 bridgehead atoms. The van der Waals surface area contributed by atoms with Gasteiger partial charge >= 0.3 is 0 Å². The van der Waals surface area contributed by atoms with Gasteiger partial charge in [0.15, 0.2) is 0 Å². The van der Waals surface area contributed by atoms with Crippen LogP contribution in [0.3, 0.4) is 0 Å². The second kappa shape index (κ2) is 5.05. The lowest BCUT2D eigenvalue weighted by Gasteiger charge is -2.52. The van der Waals surface area contributed by atoms with Crippen LogP contribution in [-0.4, -0.2) is 22.4 Å². The van der Waals surface area contributed by atoms with Crippen molar-refractivity contribution in [3.8, 4) is 0 Å². The van der Waals surface area contributed by atoms with Gasteiger partial charge in [0.25, 0.3) is 0 Å². The molecule has 2 N–H and O–H groups in total. The molecular weight excluding hydrogens is 200 g/mol. The molecule has 0 radical (unpaired) electrons. The van der Waals surface area contributed by atoms with Gasteiger partial charge in [0.1, 0.15) is 0 Å². The van der Waals surface area contributed by atoms with Crippen LogP contribution in [0.2, 0.25) is 0 Å². The zero-order chi connectivity index (χ0) is 12.5. The number of hydrogen-bond acceptors (Lipinski definition) is 2. The molecule has 0 spiro atoms. The predicted molar refractivity (Wildman–Crippen MR) is 67.1 cm³/mol. The molecule has 1 fully saturated rings. The van der Waals surface area contributed by atoms with Gasteiger partial charge in [-0.2, -0.15) is 0 Å². The van der Waals surface area contributed by atoms with Crippen molar-refractivity contribution in [1.29, 1.82) is 0 Å². The first kappa shape index (κ1) is 14.0. The second-order valence-corrected chi connectivity index (χ2v) is 6.20. The Balaban J connectivity index is 3.06. The number of rotatable bonds is 3. The number of aliphatic hydroxyl groups excluding tert-OH is 2. The van der Waals surface area contributed by atoms with Crippen LogP contribution in [0.4, 0.5) is 0 Å². The molecule has 2 nitrogen and oxygen atoms in total. The highest BCUT2D eigenvalue weighted by molar-refractivity contribution is 4.99. The van der Waals surface area contributed by atoms with Crippen molar-refractivity contribution in [3.63, 3.8) is 0 Å². The molecule has 4 atom stereocenters. The topological polar surface area (TPSA) is 40.5 Å². The fourth-order valence-corrected chi connectivity index (χ4v) is 3.85. The summed E-state index contributed by atoms with van der Waals surface area (Å²) in [6.07, 6.45) is 2.45. The predicted octanol–water partition coefficient (Wildman–Crippen LogP) is 2.83. The molecule has 1 aliphatic carbocycles. The SMILES string of the molecule is CC(C)[C@@H]1CC[C@@H](C)CC1(C(C)O)C(C)O. The van der Waals surface area contributed by atoms with E-state index in [-0.39, 0.29) is 5.41 Å². The Morgan fingerprint density at radius 2 is 1.50 bits per heavy atom. The van der Waals surface area contributed by atoms with Crippen molar-refractivity contribution in [2.45, 2.75) is 66.1 Å². The summed E-state index contributed by atoms with van der Waals surface area (Å²) in [6, 6.07) is 0. The lowest BCUT2D eigenvalue weighted by molar-refractivity contribution is -0.135. The van der Waals surface area contributed by atoms with E-state index in [1.165, 1.54) is 6.42 Å². The van der Waals surface area contributed by atoms with Crippen LogP contribution >= 0.6 is 0 Å². The minimum atomic E-state index is -0.428. The fraction of sp³-hybridized carbons (Fsp3) is 1.00. The van der Waals surface area contributed by atoms with Gasteiger partial charge in [-0.25, -0.2) is 0 Å². The van der Waals surface area contributed by atoms with Gasteiger partial charge in [0.05, 0.1) is 12.2 Å². The van der Waals surface area contributed by atoms with Crippen molar-refractivity contribution >= 4 is 0 Å². The van der Waals surface area contributed by atoms with E-state index < -0.39 is 12.2 Å². The monoisotopic (exact) mass is 228 g/mol.